The van der Waals surface area contributed by atoms with Crippen molar-refractivity contribution >= 4 is 12.7 Å². The first-order valence-corrected chi connectivity index (χ1v) is 2.95. The zero-order valence-corrected chi connectivity index (χ0v) is 5.62. The van der Waals surface area contributed by atoms with Gasteiger partial charge in [0, 0.05) is 0 Å². The molecule has 0 saturated carbocycles. The molecule has 0 bridgehead atoms. The highest BCUT2D eigenvalue weighted by Crippen LogP contribution is 2.08. The maximum absolute atomic E-state index is 12.3. The predicted octanol–water partition coefficient (Wildman–Crippen LogP) is 1.74. The lowest BCUT2D eigenvalue weighted by Gasteiger charge is -1.98. The highest BCUT2D eigenvalue weighted by atomic mass is 19.2. The standard InChI is InChI=1S/C6H2BF5/c8-4-1-3(7(11)12)2-5(9)6(4)10/h1-2H. The highest BCUT2D eigenvalue weighted by molar-refractivity contribution is 6.59. The average molecular weight is 180 g/mol. The van der Waals surface area contributed by atoms with Gasteiger partial charge >= 0.3 is 7.27 Å². The summed E-state index contributed by atoms with van der Waals surface area (Å²) < 4.78 is 60.3. The Hall–Kier alpha value is -1.07. The van der Waals surface area contributed by atoms with Crippen LogP contribution < -0.4 is 5.46 Å². The normalized spacial score (nSPS) is 10.1. The lowest BCUT2D eigenvalue weighted by Crippen LogP contribution is -2.22. The molecule has 12 heavy (non-hydrogen) atoms. The van der Waals surface area contributed by atoms with Gasteiger partial charge in [0.05, 0.1) is 0 Å². The first-order chi connectivity index (χ1) is 5.52. The Morgan fingerprint density at radius 1 is 0.917 bits per heavy atom. The Morgan fingerprint density at radius 3 is 1.67 bits per heavy atom. The molecular weight excluding hydrogens is 178 g/mol. The molecule has 0 aliphatic carbocycles. The van der Waals surface area contributed by atoms with Gasteiger partial charge in [0.1, 0.15) is 0 Å². The van der Waals surface area contributed by atoms with Crippen LogP contribution in [0.4, 0.5) is 21.8 Å². The second kappa shape index (κ2) is 3.12. The van der Waals surface area contributed by atoms with E-state index < -0.39 is 30.2 Å². The highest BCUT2D eigenvalue weighted by Gasteiger charge is 2.20. The summed E-state index contributed by atoms with van der Waals surface area (Å²) in [7, 11) is -3.01. The molecule has 0 amide bonds. The molecule has 1 rings (SSSR count). The SMILES string of the molecule is FB(F)c1cc(F)c(F)c(F)c1. The molecule has 0 atom stereocenters. The fraction of sp³-hybridized carbons (Fsp3) is 0. The van der Waals surface area contributed by atoms with E-state index in [4.69, 9.17) is 0 Å². The van der Waals surface area contributed by atoms with E-state index in [1.165, 1.54) is 0 Å². The summed E-state index contributed by atoms with van der Waals surface area (Å²) in [5.41, 5.74) is -0.869. The van der Waals surface area contributed by atoms with E-state index in [1.807, 2.05) is 0 Å². The van der Waals surface area contributed by atoms with Crippen molar-refractivity contribution in [1.29, 1.82) is 0 Å². The van der Waals surface area contributed by atoms with Crippen molar-refractivity contribution in [2.45, 2.75) is 0 Å². The van der Waals surface area contributed by atoms with Crippen molar-refractivity contribution in [2.24, 2.45) is 0 Å². The van der Waals surface area contributed by atoms with Gasteiger partial charge in [-0.15, -0.1) is 0 Å². The molecule has 0 N–H and O–H groups in total. The molecule has 0 aromatic heterocycles. The second-order valence-corrected chi connectivity index (χ2v) is 2.10. The topological polar surface area (TPSA) is 0 Å². The van der Waals surface area contributed by atoms with Crippen molar-refractivity contribution in [3.05, 3.63) is 29.6 Å². The summed E-state index contributed by atoms with van der Waals surface area (Å²) in [6.45, 7) is 0. The maximum Gasteiger partial charge on any atom is 0.572 e. The molecule has 0 aliphatic rings. The van der Waals surface area contributed by atoms with E-state index in [2.05, 4.69) is 0 Å². The minimum atomic E-state index is -3.01. The Bertz CT molecular complexity index is 275. The van der Waals surface area contributed by atoms with Gasteiger partial charge in [-0.3, -0.25) is 8.63 Å². The summed E-state index contributed by atoms with van der Waals surface area (Å²) in [6.07, 6.45) is 0. The van der Waals surface area contributed by atoms with E-state index in [0.717, 1.165) is 0 Å². The quantitative estimate of drug-likeness (QED) is 0.350. The largest absolute Gasteiger partial charge is 0.572 e. The van der Waals surface area contributed by atoms with Crippen LogP contribution >= 0.6 is 0 Å². The van der Waals surface area contributed by atoms with Gasteiger partial charge in [0.2, 0.25) is 0 Å². The summed E-state index contributed by atoms with van der Waals surface area (Å²) in [4.78, 5) is 0. The minimum Gasteiger partial charge on any atom is -0.281 e. The molecule has 1 aromatic carbocycles. The third kappa shape index (κ3) is 1.57. The van der Waals surface area contributed by atoms with Crippen LogP contribution in [0.25, 0.3) is 0 Å². The second-order valence-electron chi connectivity index (χ2n) is 2.10. The number of hydrogen-bond donors (Lipinski definition) is 0. The van der Waals surface area contributed by atoms with Gasteiger partial charge in [0.25, 0.3) is 0 Å². The first kappa shape index (κ1) is 9.03. The van der Waals surface area contributed by atoms with Gasteiger partial charge in [-0.1, -0.05) is 0 Å². The smallest absolute Gasteiger partial charge is 0.281 e. The van der Waals surface area contributed by atoms with Gasteiger partial charge < -0.3 is 0 Å². The van der Waals surface area contributed by atoms with E-state index in [9.17, 15) is 21.8 Å². The minimum absolute atomic E-state index is 0.267. The molecule has 6 heteroatoms. The molecule has 0 nitrogen and oxygen atoms in total. The predicted molar refractivity (Wildman–Crippen MR) is 33.9 cm³/mol. The summed E-state index contributed by atoms with van der Waals surface area (Å²) in [5, 5.41) is 0. The summed E-state index contributed by atoms with van der Waals surface area (Å²) in [6, 6.07) is 0.534. The van der Waals surface area contributed by atoms with Gasteiger partial charge in [-0.2, -0.15) is 0 Å². The molecule has 0 radical (unpaired) electrons. The monoisotopic (exact) mass is 180 g/mol. The van der Waals surface area contributed by atoms with Crippen molar-refractivity contribution in [2.75, 3.05) is 0 Å². The molecule has 0 unspecified atom stereocenters. The van der Waals surface area contributed by atoms with Crippen LogP contribution in [-0.2, 0) is 0 Å². The van der Waals surface area contributed by atoms with Crippen LogP contribution in [0.3, 0.4) is 0 Å². The first-order valence-electron chi connectivity index (χ1n) is 2.95. The zero-order valence-electron chi connectivity index (χ0n) is 5.62. The van der Waals surface area contributed by atoms with E-state index in [0.29, 0.717) is 0 Å². The number of rotatable bonds is 1. The third-order valence-electron chi connectivity index (χ3n) is 1.26. The zero-order chi connectivity index (χ0) is 9.30. The molecule has 0 fully saturated rings. The van der Waals surface area contributed by atoms with Gasteiger partial charge in [0.15, 0.2) is 17.5 Å². The molecule has 1 aromatic rings. The lowest BCUT2D eigenvalue weighted by atomic mass is 9.86. The maximum atomic E-state index is 12.3. The Balaban J connectivity index is 3.21. The van der Waals surface area contributed by atoms with Crippen LogP contribution in [0.15, 0.2) is 12.1 Å². The van der Waals surface area contributed by atoms with Crippen LogP contribution in [0.1, 0.15) is 0 Å². The molecule has 0 heterocycles. The van der Waals surface area contributed by atoms with E-state index in [1.54, 1.807) is 0 Å². The Morgan fingerprint density at radius 2 is 1.33 bits per heavy atom. The third-order valence-corrected chi connectivity index (χ3v) is 1.26. The average Bonchev–Trinajstić information content (AvgIpc) is 1.99. The summed E-state index contributed by atoms with van der Waals surface area (Å²) >= 11 is 0. The number of halogens is 5. The summed E-state index contributed by atoms with van der Waals surface area (Å²) in [5.74, 6) is -4.95. The molecular formula is C6H2BF5. The number of hydrogen-bond acceptors (Lipinski definition) is 0. The molecule has 64 valence electrons. The molecule has 0 spiro atoms. The van der Waals surface area contributed by atoms with Crippen LogP contribution in [0.5, 0.6) is 0 Å². The fourth-order valence-electron chi connectivity index (χ4n) is 0.701. The fourth-order valence-corrected chi connectivity index (χ4v) is 0.701. The van der Waals surface area contributed by atoms with Gasteiger partial charge in [-0.25, -0.2) is 13.2 Å². The van der Waals surface area contributed by atoms with Crippen LogP contribution in [-0.4, -0.2) is 7.27 Å². The molecule has 0 aliphatic heterocycles. The van der Waals surface area contributed by atoms with Gasteiger partial charge in [-0.05, 0) is 17.6 Å². The molecule has 0 saturated heterocycles. The van der Waals surface area contributed by atoms with Crippen molar-refractivity contribution in [3.8, 4) is 0 Å². The van der Waals surface area contributed by atoms with Crippen LogP contribution in [0.2, 0.25) is 0 Å². The lowest BCUT2D eigenvalue weighted by molar-refractivity contribution is 0.448. The van der Waals surface area contributed by atoms with E-state index >= 15 is 0 Å². The number of benzene rings is 1. The van der Waals surface area contributed by atoms with E-state index in [-0.39, 0.29) is 12.1 Å². The van der Waals surface area contributed by atoms with Crippen LogP contribution in [0, 0.1) is 17.5 Å². The Labute approximate surface area is 65.2 Å². The van der Waals surface area contributed by atoms with Crippen molar-refractivity contribution in [1.82, 2.24) is 0 Å². The Kier molecular flexibility index (Phi) is 2.35. The van der Waals surface area contributed by atoms with Crippen molar-refractivity contribution in [3.63, 3.8) is 0 Å². The van der Waals surface area contributed by atoms with Crippen molar-refractivity contribution < 1.29 is 21.8 Å².